The molecule has 6 heteroatoms. The molecule has 25 heavy (non-hydrogen) atoms. The second kappa shape index (κ2) is 9.13. The number of hydrogen-bond acceptors (Lipinski definition) is 5. The second-order valence-electron chi connectivity index (χ2n) is 6.04. The average molecular weight is 341 g/mol. The molecule has 0 aliphatic rings. The number of amides is 1. The zero-order valence-corrected chi connectivity index (χ0v) is 15.0. The zero-order valence-electron chi connectivity index (χ0n) is 15.0. The van der Waals surface area contributed by atoms with Crippen molar-refractivity contribution in [3.8, 4) is 11.3 Å². The Labute approximate surface area is 149 Å². The molecular weight excluding hydrogens is 314 g/mol. The number of rotatable bonds is 9. The largest absolute Gasteiger partial charge is 0.367 e. The van der Waals surface area contributed by atoms with E-state index in [1.54, 1.807) is 0 Å². The molecule has 0 unspecified atom stereocenters. The van der Waals surface area contributed by atoms with Crippen LogP contribution < -0.4 is 16.4 Å². The maximum Gasteiger partial charge on any atom is 0.227 e. The molecule has 2 rings (SSSR count). The van der Waals surface area contributed by atoms with Gasteiger partial charge < -0.3 is 16.4 Å². The van der Waals surface area contributed by atoms with Gasteiger partial charge in [0.15, 0.2) is 0 Å². The van der Waals surface area contributed by atoms with Crippen LogP contribution in [-0.2, 0) is 4.79 Å². The first-order valence-corrected chi connectivity index (χ1v) is 8.76. The highest BCUT2D eigenvalue weighted by Gasteiger charge is 2.32. The molecule has 1 heterocycles. The standard InChI is InChI=1S/C19H27N5O/c1-3-19(4-2,14-20)18(25)22-13-12-21-17-11-10-16(23-24-17)15-8-6-5-7-9-15/h5-11H,3-4,12-14,20H2,1-2H3,(H,21,24)(H,22,25). The Kier molecular flexibility index (Phi) is 6.89. The van der Waals surface area contributed by atoms with Crippen molar-refractivity contribution in [1.29, 1.82) is 0 Å². The number of anilines is 1. The monoisotopic (exact) mass is 341 g/mol. The molecule has 0 bridgehead atoms. The smallest absolute Gasteiger partial charge is 0.227 e. The molecule has 134 valence electrons. The van der Waals surface area contributed by atoms with Gasteiger partial charge in [0.2, 0.25) is 5.91 Å². The molecular formula is C19H27N5O. The van der Waals surface area contributed by atoms with Gasteiger partial charge in [-0.05, 0) is 25.0 Å². The van der Waals surface area contributed by atoms with Crippen LogP contribution in [0.1, 0.15) is 26.7 Å². The van der Waals surface area contributed by atoms with E-state index in [1.807, 2.05) is 56.3 Å². The molecule has 0 fully saturated rings. The fraction of sp³-hybridized carbons (Fsp3) is 0.421. The number of benzene rings is 1. The minimum atomic E-state index is -0.461. The summed E-state index contributed by atoms with van der Waals surface area (Å²) in [6.07, 6.45) is 1.48. The van der Waals surface area contributed by atoms with E-state index in [2.05, 4.69) is 20.8 Å². The van der Waals surface area contributed by atoms with E-state index in [9.17, 15) is 4.79 Å². The van der Waals surface area contributed by atoms with Gasteiger partial charge in [0.25, 0.3) is 0 Å². The number of nitrogens with one attached hydrogen (secondary N) is 2. The van der Waals surface area contributed by atoms with Gasteiger partial charge in [-0.2, -0.15) is 0 Å². The molecule has 0 radical (unpaired) electrons. The highest BCUT2D eigenvalue weighted by atomic mass is 16.2. The van der Waals surface area contributed by atoms with E-state index in [-0.39, 0.29) is 5.91 Å². The lowest BCUT2D eigenvalue weighted by atomic mass is 9.81. The Morgan fingerprint density at radius 1 is 1.04 bits per heavy atom. The summed E-state index contributed by atoms with van der Waals surface area (Å²) in [5, 5.41) is 14.5. The third kappa shape index (κ3) is 4.76. The lowest BCUT2D eigenvalue weighted by molar-refractivity contribution is -0.130. The van der Waals surface area contributed by atoms with Crippen molar-refractivity contribution in [3.63, 3.8) is 0 Å². The molecule has 0 atom stereocenters. The lowest BCUT2D eigenvalue weighted by Gasteiger charge is -2.28. The van der Waals surface area contributed by atoms with Gasteiger partial charge in [0.05, 0.1) is 11.1 Å². The molecule has 1 amide bonds. The maximum absolute atomic E-state index is 12.3. The number of hydrogen-bond donors (Lipinski definition) is 3. The van der Waals surface area contributed by atoms with E-state index in [0.29, 0.717) is 25.5 Å². The van der Waals surface area contributed by atoms with Crippen LogP contribution in [0.3, 0.4) is 0 Å². The van der Waals surface area contributed by atoms with Crippen molar-refractivity contribution in [3.05, 3.63) is 42.5 Å². The molecule has 0 spiro atoms. The highest BCUT2D eigenvalue weighted by molar-refractivity contribution is 5.82. The molecule has 0 aliphatic heterocycles. The Hall–Kier alpha value is -2.47. The van der Waals surface area contributed by atoms with E-state index < -0.39 is 5.41 Å². The Balaban J connectivity index is 1.81. The van der Waals surface area contributed by atoms with E-state index in [4.69, 9.17) is 5.73 Å². The molecule has 1 aromatic carbocycles. The van der Waals surface area contributed by atoms with Crippen molar-refractivity contribution < 1.29 is 4.79 Å². The van der Waals surface area contributed by atoms with Gasteiger partial charge >= 0.3 is 0 Å². The van der Waals surface area contributed by atoms with Crippen molar-refractivity contribution in [2.75, 3.05) is 25.0 Å². The van der Waals surface area contributed by atoms with Crippen LogP contribution in [0.2, 0.25) is 0 Å². The summed E-state index contributed by atoms with van der Waals surface area (Å²) in [5.41, 5.74) is 7.20. The maximum atomic E-state index is 12.3. The van der Waals surface area contributed by atoms with Gasteiger partial charge in [-0.3, -0.25) is 4.79 Å². The second-order valence-corrected chi connectivity index (χ2v) is 6.04. The predicted molar refractivity (Wildman–Crippen MR) is 101 cm³/mol. The SMILES string of the molecule is CCC(CC)(CN)C(=O)NCCNc1ccc(-c2ccccc2)nn1. The summed E-state index contributed by atoms with van der Waals surface area (Å²) in [6, 6.07) is 13.7. The molecule has 0 aliphatic carbocycles. The summed E-state index contributed by atoms with van der Waals surface area (Å²) in [6.45, 7) is 5.46. The molecule has 4 N–H and O–H groups in total. The van der Waals surface area contributed by atoms with Crippen LogP contribution in [0.4, 0.5) is 5.82 Å². The van der Waals surface area contributed by atoms with Gasteiger partial charge in [-0.1, -0.05) is 44.2 Å². The quantitative estimate of drug-likeness (QED) is 0.609. The average Bonchev–Trinajstić information content (AvgIpc) is 2.68. The third-order valence-electron chi connectivity index (χ3n) is 4.68. The minimum absolute atomic E-state index is 0.0207. The fourth-order valence-corrected chi connectivity index (χ4v) is 2.70. The predicted octanol–water partition coefficient (Wildman–Crippen LogP) is 2.44. The Morgan fingerprint density at radius 3 is 2.32 bits per heavy atom. The van der Waals surface area contributed by atoms with Crippen LogP contribution in [0.25, 0.3) is 11.3 Å². The molecule has 0 saturated carbocycles. The topological polar surface area (TPSA) is 92.9 Å². The number of nitrogens with two attached hydrogens (primary N) is 1. The Bertz CT molecular complexity index is 645. The van der Waals surface area contributed by atoms with Crippen LogP contribution >= 0.6 is 0 Å². The van der Waals surface area contributed by atoms with Crippen LogP contribution in [0, 0.1) is 5.41 Å². The first-order valence-electron chi connectivity index (χ1n) is 8.76. The number of aromatic nitrogens is 2. The van der Waals surface area contributed by atoms with Crippen molar-refractivity contribution >= 4 is 11.7 Å². The van der Waals surface area contributed by atoms with Crippen molar-refractivity contribution in [1.82, 2.24) is 15.5 Å². The van der Waals surface area contributed by atoms with E-state index in [0.717, 1.165) is 24.1 Å². The van der Waals surface area contributed by atoms with Gasteiger partial charge in [-0.15, -0.1) is 10.2 Å². The summed E-state index contributed by atoms with van der Waals surface area (Å²) >= 11 is 0. The summed E-state index contributed by atoms with van der Waals surface area (Å²) < 4.78 is 0. The molecule has 6 nitrogen and oxygen atoms in total. The van der Waals surface area contributed by atoms with E-state index in [1.165, 1.54) is 0 Å². The normalized spacial score (nSPS) is 11.2. The van der Waals surface area contributed by atoms with Crippen molar-refractivity contribution in [2.24, 2.45) is 11.1 Å². The van der Waals surface area contributed by atoms with Crippen LogP contribution in [-0.4, -0.2) is 35.7 Å². The first kappa shape index (κ1) is 18.9. The zero-order chi connectivity index (χ0) is 18.1. The van der Waals surface area contributed by atoms with Gasteiger partial charge in [-0.25, -0.2) is 0 Å². The summed E-state index contributed by atoms with van der Waals surface area (Å²) in [7, 11) is 0. The lowest BCUT2D eigenvalue weighted by Crippen LogP contribution is -2.46. The molecule has 0 saturated heterocycles. The molecule has 1 aromatic heterocycles. The summed E-state index contributed by atoms with van der Waals surface area (Å²) in [4.78, 5) is 12.3. The van der Waals surface area contributed by atoms with Crippen LogP contribution in [0.5, 0.6) is 0 Å². The number of nitrogens with zero attached hydrogens (tertiary/aromatic N) is 2. The van der Waals surface area contributed by atoms with E-state index >= 15 is 0 Å². The van der Waals surface area contributed by atoms with Gasteiger partial charge in [0.1, 0.15) is 5.82 Å². The first-order chi connectivity index (χ1) is 12.1. The number of carbonyl (C=O) groups excluding carboxylic acids is 1. The minimum Gasteiger partial charge on any atom is -0.367 e. The highest BCUT2D eigenvalue weighted by Crippen LogP contribution is 2.24. The van der Waals surface area contributed by atoms with Crippen molar-refractivity contribution in [2.45, 2.75) is 26.7 Å². The van der Waals surface area contributed by atoms with Crippen LogP contribution in [0.15, 0.2) is 42.5 Å². The Morgan fingerprint density at radius 2 is 1.76 bits per heavy atom. The molecule has 2 aromatic rings. The third-order valence-corrected chi connectivity index (χ3v) is 4.68. The number of carbonyl (C=O) groups is 1. The fourth-order valence-electron chi connectivity index (χ4n) is 2.70. The summed E-state index contributed by atoms with van der Waals surface area (Å²) in [5.74, 6) is 0.706. The van der Waals surface area contributed by atoms with Gasteiger partial charge in [0, 0.05) is 25.2 Å².